The number of unbranched alkanes of at least 4 members (excludes halogenated alkanes) is 3. The number of benzene rings is 2. The van der Waals surface area contributed by atoms with Crippen LogP contribution in [0.3, 0.4) is 0 Å². The van der Waals surface area contributed by atoms with E-state index in [1.165, 1.54) is 0 Å². The standard InChI is InChI=1S/C25H31NO6/c1-26-20(19-10-11-21(28-2)22(17-19)29-3)14-18-15-23(30-4)25(24(16-18)31-5)32-13-9-7-6-8-12-27/h10-11,14-17,27H,6-9,12-13H2,2-5H3/b20-14-. The predicted molar refractivity (Wildman–Crippen MR) is 125 cm³/mol. The first-order chi connectivity index (χ1) is 15.6. The number of aliphatic hydroxyl groups is 1. The van der Waals surface area contributed by atoms with Gasteiger partial charge in [0.15, 0.2) is 28.7 Å². The Bertz CT molecular complexity index is 923. The van der Waals surface area contributed by atoms with E-state index in [9.17, 15) is 0 Å². The summed E-state index contributed by atoms with van der Waals surface area (Å²) in [4.78, 5) is 3.69. The molecule has 0 aliphatic heterocycles. The molecule has 0 saturated carbocycles. The molecule has 0 radical (unpaired) electrons. The second-order valence-electron chi connectivity index (χ2n) is 6.95. The number of hydrogen-bond donors (Lipinski definition) is 1. The van der Waals surface area contributed by atoms with E-state index in [2.05, 4.69) is 4.85 Å². The SMILES string of the molecule is [C-]#[N+]/C(=C\c1cc(OC)c(OCCCCCCO)c(OC)c1)c1ccc(OC)c(OC)c1. The third-order valence-electron chi connectivity index (χ3n) is 4.88. The molecule has 2 aromatic carbocycles. The van der Waals surface area contributed by atoms with Crippen molar-refractivity contribution in [2.75, 3.05) is 41.7 Å². The van der Waals surface area contributed by atoms with Gasteiger partial charge in [0.1, 0.15) is 0 Å². The maximum atomic E-state index is 8.87. The van der Waals surface area contributed by atoms with Gasteiger partial charge in [0.05, 0.1) is 41.6 Å². The second kappa shape index (κ2) is 13.1. The van der Waals surface area contributed by atoms with Gasteiger partial charge in [0.2, 0.25) is 5.75 Å². The van der Waals surface area contributed by atoms with E-state index in [1.807, 2.05) is 18.2 Å². The normalized spacial score (nSPS) is 10.9. The van der Waals surface area contributed by atoms with Gasteiger partial charge in [-0.2, -0.15) is 0 Å². The summed E-state index contributed by atoms with van der Waals surface area (Å²) >= 11 is 0. The Morgan fingerprint density at radius 1 is 0.844 bits per heavy atom. The highest BCUT2D eigenvalue weighted by molar-refractivity contribution is 5.86. The van der Waals surface area contributed by atoms with Gasteiger partial charge < -0.3 is 28.8 Å². The minimum atomic E-state index is 0.216. The van der Waals surface area contributed by atoms with Crippen molar-refractivity contribution in [1.29, 1.82) is 0 Å². The maximum absolute atomic E-state index is 8.87. The summed E-state index contributed by atoms with van der Waals surface area (Å²) in [5.41, 5.74) is 1.89. The lowest BCUT2D eigenvalue weighted by Gasteiger charge is -2.15. The average molecular weight is 442 g/mol. The van der Waals surface area contributed by atoms with E-state index in [1.54, 1.807) is 46.6 Å². The minimum Gasteiger partial charge on any atom is -0.493 e. The molecule has 0 unspecified atom stereocenters. The lowest BCUT2D eigenvalue weighted by Crippen LogP contribution is -2.02. The molecule has 0 aliphatic carbocycles. The zero-order chi connectivity index (χ0) is 23.3. The molecule has 7 heteroatoms. The molecule has 0 saturated heterocycles. The molecule has 0 fully saturated rings. The summed E-state index contributed by atoms with van der Waals surface area (Å²) in [6.45, 7) is 8.39. The molecule has 0 atom stereocenters. The van der Waals surface area contributed by atoms with Gasteiger partial charge in [-0.3, -0.25) is 0 Å². The van der Waals surface area contributed by atoms with E-state index in [-0.39, 0.29) is 6.61 Å². The lowest BCUT2D eigenvalue weighted by molar-refractivity contribution is 0.259. The van der Waals surface area contributed by atoms with Crippen LogP contribution in [0.25, 0.3) is 16.6 Å². The van der Waals surface area contributed by atoms with Crippen LogP contribution in [0.4, 0.5) is 0 Å². The van der Waals surface area contributed by atoms with Crippen molar-refractivity contribution in [2.24, 2.45) is 0 Å². The third kappa shape index (κ3) is 6.56. The topological polar surface area (TPSA) is 70.7 Å². The van der Waals surface area contributed by atoms with Gasteiger partial charge in [-0.1, -0.05) is 12.5 Å². The summed E-state index contributed by atoms with van der Waals surface area (Å²) in [5.74, 6) is 2.74. The molecule has 0 aliphatic rings. The Balaban J connectivity index is 2.30. The molecule has 0 bridgehead atoms. The highest BCUT2D eigenvalue weighted by Gasteiger charge is 2.15. The fraction of sp³-hybridized carbons (Fsp3) is 0.400. The molecule has 0 heterocycles. The van der Waals surface area contributed by atoms with Gasteiger partial charge in [-0.25, -0.2) is 4.85 Å². The highest BCUT2D eigenvalue weighted by atomic mass is 16.5. The third-order valence-corrected chi connectivity index (χ3v) is 4.88. The molecule has 32 heavy (non-hydrogen) atoms. The van der Waals surface area contributed by atoms with E-state index in [0.29, 0.717) is 46.6 Å². The Kier molecular flexibility index (Phi) is 10.2. The molecule has 2 rings (SSSR count). The largest absolute Gasteiger partial charge is 0.493 e. The van der Waals surface area contributed by atoms with Crippen LogP contribution in [0.2, 0.25) is 0 Å². The smallest absolute Gasteiger partial charge is 0.203 e. The van der Waals surface area contributed by atoms with Crippen molar-refractivity contribution in [3.63, 3.8) is 0 Å². The Hall–Kier alpha value is -3.37. The number of methoxy groups -OCH3 is 4. The van der Waals surface area contributed by atoms with Crippen molar-refractivity contribution in [3.8, 4) is 28.7 Å². The van der Waals surface area contributed by atoms with Crippen molar-refractivity contribution in [1.82, 2.24) is 0 Å². The van der Waals surface area contributed by atoms with Crippen molar-refractivity contribution in [3.05, 3.63) is 52.9 Å². The Morgan fingerprint density at radius 2 is 1.47 bits per heavy atom. The van der Waals surface area contributed by atoms with Crippen LogP contribution < -0.4 is 23.7 Å². The average Bonchev–Trinajstić information content (AvgIpc) is 2.84. The fourth-order valence-electron chi connectivity index (χ4n) is 3.20. The molecule has 1 N–H and O–H groups in total. The summed E-state index contributed by atoms with van der Waals surface area (Å²) in [7, 11) is 6.27. The summed E-state index contributed by atoms with van der Waals surface area (Å²) in [6, 6.07) is 8.98. The minimum absolute atomic E-state index is 0.216. The molecular weight excluding hydrogens is 410 g/mol. The van der Waals surface area contributed by atoms with Gasteiger partial charge in [-0.05, 0) is 60.7 Å². The molecule has 0 amide bonds. The lowest BCUT2D eigenvalue weighted by atomic mass is 10.1. The first-order valence-electron chi connectivity index (χ1n) is 10.4. The molecule has 7 nitrogen and oxygen atoms in total. The van der Waals surface area contributed by atoms with Gasteiger partial charge >= 0.3 is 0 Å². The van der Waals surface area contributed by atoms with Crippen LogP contribution in [0.5, 0.6) is 28.7 Å². The van der Waals surface area contributed by atoms with Crippen LogP contribution in [0.15, 0.2) is 30.3 Å². The number of ether oxygens (including phenoxy) is 5. The van der Waals surface area contributed by atoms with Crippen molar-refractivity contribution < 1.29 is 28.8 Å². The van der Waals surface area contributed by atoms with Gasteiger partial charge in [0, 0.05) is 6.61 Å². The summed E-state index contributed by atoms with van der Waals surface area (Å²) < 4.78 is 27.6. The van der Waals surface area contributed by atoms with Crippen molar-refractivity contribution >= 4 is 11.8 Å². The predicted octanol–water partition coefficient (Wildman–Crippen LogP) is 5.07. The van der Waals surface area contributed by atoms with E-state index >= 15 is 0 Å². The van der Waals surface area contributed by atoms with E-state index in [0.717, 1.165) is 31.2 Å². The second-order valence-corrected chi connectivity index (χ2v) is 6.95. The number of nitrogens with zero attached hydrogens (tertiary/aromatic N) is 1. The Labute approximate surface area is 190 Å². The first-order valence-corrected chi connectivity index (χ1v) is 10.4. The quantitative estimate of drug-likeness (QED) is 0.266. The summed E-state index contributed by atoms with van der Waals surface area (Å²) in [5, 5.41) is 8.87. The van der Waals surface area contributed by atoms with Crippen LogP contribution in [0.1, 0.15) is 36.8 Å². The fourth-order valence-corrected chi connectivity index (χ4v) is 3.20. The molecule has 0 aromatic heterocycles. The summed E-state index contributed by atoms with van der Waals surface area (Å²) in [6.07, 6.45) is 5.38. The zero-order valence-electron chi connectivity index (χ0n) is 19.1. The molecule has 172 valence electrons. The zero-order valence-corrected chi connectivity index (χ0v) is 19.1. The van der Waals surface area contributed by atoms with E-state index in [4.69, 9.17) is 35.4 Å². The first kappa shape index (κ1) is 24.9. The monoisotopic (exact) mass is 441 g/mol. The number of rotatable bonds is 13. The maximum Gasteiger partial charge on any atom is 0.203 e. The van der Waals surface area contributed by atoms with Crippen molar-refractivity contribution in [2.45, 2.75) is 25.7 Å². The van der Waals surface area contributed by atoms with Gasteiger partial charge in [-0.15, -0.1) is 0 Å². The van der Waals surface area contributed by atoms with Crippen LogP contribution in [-0.2, 0) is 0 Å². The van der Waals surface area contributed by atoms with Gasteiger partial charge in [0.25, 0.3) is 0 Å². The molecule has 0 spiro atoms. The Morgan fingerprint density at radius 3 is 2.03 bits per heavy atom. The number of hydrogen-bond acceptors (Lipinski definition) is 6. The molecular formula is C25H31NO6. The molecule has 2 aromatic rings. The number of aliphatic hydroxyl groups excluding tert-OH is 1. The van der Waals surface area contributed by atoms with Crippen LogP contribution in [-0.4, -0.2) is 46.8 Å². The van der Waals surface area contributed by atoms with Crippen LogP contribution in [0, 0.1) is 6.57 Å². The van der Waals surface area contributed by atoms with E-state index < -0.39 is 0 Å². The highest BCUT2D eigenvalue weighted by Crippen LogP contribution is 2.40. The van der Waals surface area contributed by atoms with Crippen LogP contribution >= 0.6 is 0 Å².